The fourth-order valence-corrected chi connectivity index (χ4v) is 1.79. The summed E-state index contributed by atoms with van der Waals surface area (Å²) in [6.45, 7) is 0.859. The molecular formula is C9H13NO4. The minimum absolute atomic E-state index is 0.0275. The summed E-state index contributed by atoms with van der Waals surface area (Å²) in [5.41, 5.74) is 0. The van der Waals surface area contributed by atoms with Gasteiger partial charge < -0.3 is 9.84 Å². The number of ether oxygens (including phenoxy) is 1. The van der Waals surface area contributed by atoms with E-state index in [9.17, 15) is 9.59 Å². The number of rotatable bonds is 5. The number of hydrogen-bond donors (Lipinski definition) is 1. The van der Waals surface area contributed by atoms with Gasteiger partial charge in [-0.05, 0) is 6.42 Å². The van der Waals surface area contributed by atoms with Crippen molar-refractivity contribution in [2.75, 3.05) is 26.4 Å². The van der Waals surface area contributed by atoms with Crippen LogP contribution in [0.5, 0.6) is 0 Å². The van der Waals surface area contributed by atoms with Gasteiger partial charge in [0.2, 0.25) is 11.8 Å². The van der Waals surface area contributed by atoms with E-state index in [1.807, 2.05) is 0 Å². The lowest BCUT2D eigenvalue weighted by atomic mass is 10.4. The van der Waals surface area contributed by atoms with Crippen LogP contribution in [0, 0.1) is 11.8 Å². The van der Waals surface area contributed by atoms with Gasteiger partial charge in [0.1, 0.15) is 0 Å². The van der Waals surface area contributed by atoms with E-state index in [-0.39, 0.29) is 36.9 Å². The van der Waals surface area contributed by atoms with E-state index in [0.29, 0.717) is 13.2 Å². The van der Waals surface area contributed by atoms with Crippen LogP contribution in [0.2, 0.25) is 0 Å². The molecule has 5 nitrogen and oxygen atoms in total. The van der Waals surface area contributed by atoms with Gasteiger partial charge in [-0.1, -0.05) is 0 Å². The minimum atomic E-state index is -0.0485. The van der Waals surface area contributed by atoms with Crippen molar-refractivity contribution in [1.82, 2.24) is 4.90 Å². The molecule has 0 radical (unpaired) electrons. The molecule has 5 heteroatoms. The summed E-state index contributed by atoms with van der Waals surface area (Å²) in [6, 6.07) is 0. The Kier molecular flexibility index (Phi) is 2.52. The highest BCUT2D eigenvalue weighted by molar-refractivity contribution is 6.08. The number of likely N-dealkylation sites (tertiary alicyclic amines) is 1. The molecule has 14 heavy (non-hydrogen) atoms. The van der Waals surface area contributed by atoms with Crippen LogP contribution in [0.1, 0.15) is 6.42 Å². The van der Waals surface area contributed by atoms with Gasteiger partial charge in [-0.2, -0.15) is 0 Å². The third kappa shape index (κ3) is 1.53. The van der Waals surface area contributed by atoms with Crippen molar-refractivity contribution in [3.63, 3.8) is 0 Å². The normalized spacial score (nSPS) is 29.6. The molecule has 2 fully saturated rings. The first-order valence-electron chi connectivity index (χ1n) is 4.79. The second-order valence-corrected chi connectivity index (χ2v) is 3.61. The van der Waals surface area contributed by atoms with Gasteiger partial charge in [0.25, 0.3) is 0 Å². The van der Waals surface area contributed by atoms with E-state index in [1.165, 1.54) is 4.90 Å². The van der Waals surface area contributed by atoms with Crippen molar-refractivity contribution in [3.8, 4) is 0 Å². The fraction of sp³-hybridized carbons (Fsp3) is 0.778. The zero-order chi connectivity index (χ0) is 10.1. The largest absolute Gasteiger partial charge is 0.394 e. The van der Waals surface area contributed by atoms with Crippen molar-refractivity contribution in [3.05, 3.63) is 0 Å². The zero-order valence-corrected chi connectivity index (χ0v) is 7.81. The van der Waals surface area contributed by atoms with E-state index < -0.39 is 0 Å². The smallest absolute Gasteiger partial charge is 0.233 e. The van der Waals surface area contributed by atoms with Gasteiger partial charge in [0.05, 0.1) is 38.2 Å². The van der Waals surface area contributed by atoms with Crippen molar-refractivity contribution < 1.29 is 19.4 Å². The number of carbonyl (C=O) groups is 2. The van der Waals surface area contributed by atoms with Crippen molar-refractivity contribution in [2.45, 2.75) is 6.42 Å². The predicted molar refractivity (Wildman–Crippen MR) is 46.2 cm³/mol. The number of nitrogens with zero attached hydrogens (tertiary/aromatic N) is 1. The van der Waals surface area contributed by atoms with Crippen LogP contribution >= 0.6 is 0 Å². The number of fused-ring (bicyclic) bond motifs is 1. The summed E-state index contributed by atoms with van der Waals surface area (Å²) in [4.78, 5) is 24.1. The number of carbonyl (C=O) groups excluding carboxylic acids is 2. The molecule has 1 heterocycles. The lowest BCUT2D eigenvalue weighted by Gasteiger charge is -2.15. The average molecular weight is 199 g/mol. The fourth-order valence-electron chi connectivity index (χ4n) is 1.79. The van der Waals surface area contributed by atoms with Gasteiger partial charge in [0, 0.05) is 0 Å². The van der Waals surface area contributed by atoms with E-state index in [4.69, 9.17) is 9.84 Å². The Morgan fingerprint density at radius 1 is 1.29 bits per heavy atom. The molecule has 2 unspecified atom stereocenters. The highest BCUT2D eigenvalue weighted by atomic mass is 16.5. The molecule has 2 amide bonds. The first-order valence-corrected chi connectivity index (χ1v) is 4.79. The van der Waals surface area contributed by atoms with Crippen molar-refractivity contribution >= 4 is 11.8 Å². The van der Waals surface area contributed by atoms with Crippen molar-refractivity contribution in [2.24, 2.45) is 11.8 Å². The molecule has 1 N–H and O–H groups in total. The van der Waals surface area contributed by atoms with E-state index in [1.54, 1.807) is 0 Å². The quantitative estimate of drug-likeness (QED) is 0.455. The third-order valence-electron chi connectivity index (χ3n) is 2.65. The zero-order valence-electron chi connectivity index (χ0n) is 7.81. The summed E-state index contributed by atoms with van der Waals surface area (Å²) in [6.07, 6.45) is 0.742. The molecule has 2 atom stereocenters. The van der Waals surface area contributed by atoms with E-state index >= 15 is 0 Å². The van der Waals surface area contributed by atoms with E-state index in [0.717, 1.165) is 6.42 Å². The second kappa shape index (κ2) is 3.67. The molecule has 2 aliphatic rings. The van der Waals surface area contributed by atoms with Crippen LogP contribution in [0.25, 0.3) is 0 Å². The van der Waals surface area contributed by atoms with Crippen LogP contribution in [-0.4, -0.2) is 48.2 Å². The first kappa shape index (κ1) is 9.61. The Morgan fingerprint density at radius 2 is 1.93 bits per heavy atom. The molecule has 0 bridgehead atoms. The highest BCUT2D eigenvalue weighted by Crippen LogP contribution is 2.46. The monoisotopic (exact) mass is 199 g/mol. The summed E-state index contributed by atoms with van der Waals surface area (Å²) in [5, 5.41) is 8.44. The Balaban J connectivity index is 1.76. The third-order valence-corrected chi connectivity index (χ3v) is 2.65. The highest BCUT2D eigenvalue weighted by Gasteiger charge is 2.58. The number of amides is 2. The Hall–Kier alpha value is -0.940. The Bertz CT molecular complexity index is 246. The number of piperidine rings is 1. The van der Waals surface area contributed by atoms with Gasteiger partial charge in [-0.15, -0.1) is 0 Å². The number of aliphatic hydroxyl groups is 1. The maximum atomic E-state index is 11.4. The van der Waals surface area contributed by atoms with Crippen LogP contribution in [0.3, 0.4) is 0 Å². The molecule has 0 aromatic heterocycles. The summed E-state index contributed by atoms with van der Waals surface area (Å²) < 4.78 is 5.00. The van der Waals surface area contributed by atoms with Gasteiger partial charge in [-0.3, -0.25) is 14.5 Å². The maximum Gasteiger partial charge on any atom is 0.233 e. The minimum Gasteiger partial charge on any atom is -0.394 e. The topological polar surface area (TPSA) is 66.8 Å². The Morgan fingerprint density at radius 3 is 2.50 bits per heavy atom. The number of hydrogen-bond acceptors (Lipinski definition) is 4. The van der Waals surface area contributed by atoms with Crippen LogP contribution in [-0.2, 0) is 14.3 Å². The molecule has 1 aliphatic carbocycles. The first-order chi connectivity index (χ1) is 6.75. The summed E-state index contributed by atoms with van der Waals surface area (Å²) in [5.74, 6) is -0.152. The molecule has 78 valence electrons. The number of imide groups is 1. The van der Waals surface area contributed by atoms with Gasteiger partial charge in [-0.25, -0.2) is 0 Å². The molecule has 1 saturated heterocycles. The van der Waals surface area contributed by atoms with Crippen LogP contribution in [0.4, 0.5) is 0 Å². The average Bonchev–Trinajstić information content (AvgIpc) is 2.91. The molecule has 0 aromatic carbocycles. The molecule has 2 rings (SSSR count). The molecule has 1 saturated carbocycles. The Labute approximate surface area is 81.6 Å². The lowest BCUT2D eigenvalue weighted by Crippen LogP contribution is -2.35. The molecule has 0 spiro atoms. The van der Waals surface area contributed by atoms with E-state index in [2.05, 4.69) is 0 Å². The second-order valence-electron chi connectivity index (χ2n) is 3.61. The number of aliphatic hydroxyl groups excluding tert-OH is 1. The lowest BCUT2D eigenvalue weighted by molar-refractivity contribution is -0.142. The molecule has 0 aromatic rings. The maximum absolute atomic E-state index is 11.4. The standard InChI is InChI=1S/C9H13NO4/c11-2-4-14-3-1-10-8(12)6-5-7(6)9(10)13/h6-7,11H,1-5H2. The van der Waals surface area contributed by atoms with Crippen LogP contribution in [0.15, 0.2) is 0 Å². The van der Waals surface area contributed by atoms with Crippen molar-refractivity contribution in [1.29, 1.82) is 0 Å². The molecule has 1 aliphatic heterocycles. The molecular weight excluding hydrogens is 186 g/mol. The van der Waals surface area contributed by atoms with Crippen LogP contribution < -0.4 is 0 Å². The summed E-state index contributed by atoms with van der Waals surface area (Å²) in [7, 11) is 0. The predicted octanol–water partition coefficient (Wildman–Crippen LogP) is -1.000. The van der Waals surface area contributed by atoms with Gasteiger partial charge >= 0.3 is 0 Å². The summed E-state index contributed by atoms with van der Waals surface area (Å²) >= 11 is 0. The van der Waals surface area contributed by atoms with Gasteiger partial charge in [0.15, 0.2) is 0 Å². The SMILES string of the molecule is O=C1C2CC2C(=O)N1CCOCCO.